The first-order valence-corrected chi connectivity index (χ1v) is 7.94. The molecule has 2 N–H and O–H groups in total. The second kappa shape index (κ2) is 7.65. The average molecular weight is 296 g/mol. The van der Waals surface area contributed by atoms with Gasteiger partial charge in [-0.15, -0.1) is 0 Å². The number of rotatable bonds is 8. The van der Waals surface area contributed by atoms with E-state index >= 15 is 0 Å². The highest BCUT2D eigenvalue weighted by Crippen LogP contribution is 2.26. The molecule has 20 heavy (non-hydrogen) atoms. The zero-order valence-corrected chi connectivity index (χ0v) is 12.9. The summed E-state index contributed by atoms with van der Waals surface area (Å²) < 4.78 is 0. The number of para-hydroxylation sites is 1. The van der Waals surface area contributed by atoms with Crippen LogP contribution < -0.4 is 10.2 Å². The monoisotopic (exact) mass is 295 g/mol. The molecule has 1 unspecified atom stereocenters. The Hall–Kier alpha value is -1.06. The number of halogens is 1. The van der Waals surface area contributed by atoms with Crippen molar-refractivity contribution in [1.29, 1.82) is 0 Å². The fourth-order valence-electron chi connectivity index (χ4n) is 2.48. The van der Waals surface area contributed by atoms with Crippen molar-refractivity contribution in [3.63, 3.8) is 0 Å². The fourth-order valence-corrected chi connectivity index (χ4v) is 2.66. The summed E-state index contributed by atoms with van der Waals surface area (Å²) in [7, 11) is 0. The molecule has 110 valence electrons. The number of carbonyl (C=O) groups excluding carboxylic acids is 1. The van der Waals surface area contributed by atoms with Gasteiger partial charge < -0.3 is 10.2 Å². The second-order valence-corrected chi connectivity index (χ2v) is 6.08. The van der Waals surface area contributed by atoms with Crippen molar-refractivity contribution < 1.29 is 9.69 Å². The van der Waals surface area contributed by atoms with E-state index in [4.69, 9.17) is 11.6 Å². The predicted octanol–water partition coefficient (Wildman–Crippen LogP) is 2.37. The van der Waals surface area contributed by atoms with E-state index in [0.717, 1.165) is 19.0 Å². The van der Waals surface area contributed by atoms with Crippen LogP contribution in [0.4, 0.5) is 5.69 Å². The van der Waals surface area contributed by atoms with Gasteiger partial charge in [-0.3, -0.25) is 4.79 Å². The summed E-state index contributed by atoms with van der Waals surface area (Å²) in [6, 6.07) is 7.37. The van der Waals surface area contributed by atoms with E-state index in [1.165, 1.54) is 25.8 Å². The van der Waals surface area contributed by atoms with Crippen molar-refractivity contribution in [2.75, 3.05) is 25.0 Å². The SMILES string of the molecule is CCC[NH+](CCC(=O)Nc1ccccc1Cl)CC1CC1. The van der Waals surface area contributed by atoms with E-state index in [9.17, 15) is 4.79 Å². The lowest BCUT2D eigenvalue weighted by Gasteiger charge is -2.18. The van der Waals surface area contributed by atoms with E-state index in [1.54, 1.807) is 11.0 Å². The molecular formula is C16H24ClN2O+. The zero-order valence-electron chi connectivity index (χ0n) is 12.1. The summed E-state index contributed by atoms with van der Waals surface area (Å²) in [6.45, 7) is 5.51. The van der Waals surface area contributed by atoms with Gasteiger partial charge in [0.25, 0.3) is 0 Å². The van der Waals surface area contributed by atoms with Crippen LogP contribution in [-0.4, -0.2) is 25.5 Å². The van der Waals surface area contributed by atoms with Gasteiger partial charge in [0, 0.05) is 5.92 Å². The number of nitrogens with one attached hydrogen (secondary N) is 2. The van der Waals surface area contributed by atoms with Crippen LogP contribution in [0.2, 0.25) is 5.02 Å². The molecule has 1 fully saturated rings. The summed E-state index contributed by atoms with van der Waals surface area (Å²) in [5, 5.41) is 3.49. The Morgan fingerprint density at radius 1 is 1.35 bits per heavy atom. The van der Waals surface area contributed by atoms with E-state index in [2.05, 4.69) is 12.2 Å². The van der Waals surface area contributed by atoms with E-state index < -0.39 is 0 Å². The molecule has 1 saturated carbocycles. The molecular weight excluding hydrogens is 272 g/mol. The van der Waals surface area contributed by atoms with Crippen molar-refractivity contribution in [3.8, 4) is 0 Å². The Kier molecular flexibility index (Phi) is 5.86. The first-order valence-electron chi connectivity index (χ1n) is 7.57. The third-order valence-electron chi connectivity index (χ3n) is 3.73. The average Bonchev–Trinajstić information content (AvgIpc) is 3.23. The Morgan fingerprint density at radius 2 is 2.10 bits per heavy atom. The first-order chi connectivity index (χ1) is 9.69. The lowest BCUT2D eigenvalue weighted by molar-refractivity contribution is -0.901. The summed E-state index contributed by atoms with van der Waals surface area (Å²) in [6.07, 6.45) is 4.49. The Balaban J connectivity index is 1.76. The highest BCUT2D eigenvalue weighted by molar-refractivity contribution is 6.33. The molecule has 3 nitrogen and oxygen atoms in total. The summed E-state index contributed by atoms with van der Waals surface area (Å²) in [4.78, 5) is 13.6. The fraction of sp³-hybridized carbons (Fsp3) is 0.562. The topological polar surface area (TPSA) is 33.5 Å². The van der Waals surface area contributed by atoms with Crippen LogP contribution in [0, 0.1) is 5.92 Å². The molecule has 0 bridgehead atoms. The molecule has 1 aliphatic carbocycles. The van der Waals surface area contributed by atoms with Gasteiger partial charge in [-0.25, -0.2) is 0 Å². The third kappa shape index (κ3) is 5.14. The van der Waals surface area contributed by atoms with Crippen molar-refractivity contribution in [3.05, 3.63) is 29.3 Å². The molecule has 0 heterocycles. The first kappa shape index (κ1) is 15.3. The number of hydrogen-bond acceptors (Lipinski definition) is 1. The maximum absolute atomic E-state index is 12.0. The predicted molar refractivity (Wildman–Crippen MR) is 83.3 cm³/mol. The van der Waals surface area contributed by atoms with E-state index in [-0.39, 0.29) is 5.91 Å². The standard InChI is InChI=1S/C16H23ClN2O/c1-2-10-19(12-13-7-8-13)11-9-16(20)18-15-6-4-3-5-14(15)17/h3-6,13H,2,7-12H2,1H3,(H,18,20)/p+1. The van der Waals surface area contributed by atoms with Gasteiger partial charge in [0.15, 0.2) is 0 Å². The van der Waals surface area contributed by atoms with Crippen LogP contribution in [0.5, 0.6) is 0 Å². The van der Waals surface area contributed by atoms with Crippen molar-refractivity contribution in [2.45, 2.75) is 32.6 Å². The van der Waals surface area contributed by atoms with Crippen LogP contribution >= 0.6 is 11.6 Å². The van der Waals surface area contributed by atoms with Gasteiger partial charge in [0.2, 0.25) is 5.91 Å². The van der Waals surface area contributed by atoms with Gasteiger partial charge >= 0.3 is 0 Å². The van der Waals surface area contributed by atoms with Gasteiger partial charge in [-0.2, -0.15) is 0 Å². The summed E-state index contributed by atoms with van der Waals surface area (Å²) in [5.74, 6) is 0.964. The summed E-state index contributed by atoms with van der Waals surface area (Å²) in [5.41, 5.74) is 0.707. The van der Waals surface area contributed by atoms with E-state index in [1.807, 2.05) is 18.2 Å². The molecule has 0 aliphatic heterocycles. The van der Waals surface area contributed by atoms with Crippen LogP contribution in [-0.2, 0) is 4.79 Å². The Labute approximate surface area is 126 Å². The molecule has 1 aromatic rings. The van der Waals surface area contributed by atoms with Crippen molar-refractivity contribution in [1.82, 2.24) is 0 Å². The number of quaternary nitrogens is 1. The molecule has 1 aliphatic rings. The highest BCUT2D eigenvalue weighted by atomic mass is 35.5. The van der Waals surface area contributed by atoms with Crippen LogP contribution in [0.25, 0.3) is 0 Å². The number of amides is 1. The number of hydrogen-bond donors (Lipinski definition) is 2. The van der Waals surface area contributed by atoms with Gasteiger partial charge in [-0.1, -0.05) is 30.7 Å². The molecule has 1 amide bonds. The molecule has 4 heteroatoms. The van der Waals surface area contributed by atoms with Crippen molar-refractivity contribution in [2.24, 2.45) is 5.92 Å². The highest BCUT2D eigenvalue weighted by Gasteiger charge is 2.26. The maximum Gasteiger partial charge on any atom is 0.230 e. The molecule has 1 atom stereocenters. The molecule has 0 radical (unpaired) electrons. The lowest BCUT2D eigenvalue weighted by Crippen LogP contribution is -3.12. The Bertz CT molecular complexity index is 446. The smallest absolute Gasteiger partial charge is 0.230 e. The minimum absolute atomic E-state index is 0.0579. The van der Waals surface area contributed by atoms with Crippen LogP contribution in [0.1, 0.15) is 32.6 Å². The zero-order chi connectivity index (χ0) is 14.4. The summed E-state index contributed by atoms with van der Waals surface area (Å²) >= 11 is 6.04. The van der Waals surface area contributed by atoms with Gasteiger partial charge in [-0.05, 0) is 31.4 Å². The molecule has 1 aromatic carbocycles. The normalized spacial score (nSPS) is 15.9. The van der Waals surface area contributed by atoms with Crippen LogP contribution in [0.3, 0.4) is 0 Å². The maximum atomic E-state index is 12.0. The number of benzene rings is 1. The minimum Gasteiger partial charge on any atom is -0.334 e. The molecule has 2 rings (SSSR count). The quantitative estimate of drug-likeness (QED) is 0.758. The van der Waals surface area contributed by atoms with Gasteiger partial charge in [0.1, 0.15) is 0 Å². The van der Waals surface area contributed by atoms with Crippen LogP contribution in [0.15, 0.2) is 24.3 Å². The molecule has 0 aromatic heterocycles. The van der Waals surface area contributed by atoms with Gasteiger partial charge in [0.05, 0.1) is 36.8 Å². The second-order valence-electron chi connectivity index (χ2n) is 5.68. The number of carbonyl (C=O) groups is 1. The lowest BCUT2D eigenvalue weighted by atomic mass is 10.2. The molecule has 0 spiro atoms. The largest absolute Gasteiger partial charge is 0.334 e. The van der Waals surface area contributed by atoms with Crippen molar-refractivity contribution >= 4 is 23.2 Å². The Morgan fingerprint density at radius 3 is 2.75 bits per heavy atom. The van der Waals surface area contributed by atoms with E-state index in [0.29, 0.717) is 17.1 Å². The molecule has 0 saturated heterocycles. The minimum atomic E-state index is 0.0579. The number of anilines is 1. The third-order valence-corrected chi connectivity index (χ3v) is 4.06.